The second kappa shape index (κ2) is 7.37. The van der Waals surface area contributed by atoms with E-state index in [-0.39, 0.29) is 18.9 Å². The maximum atomic E-state index is 13.5. The number of halogens is 2. The van der Waals surface area contributed by atoms with E-state index >= 15 is 0 Å². The maximum absolute atomic E-state index is 13.5. The van der Waals surface area contributed by atoms with Gasteiger partial charge in [0, 0.05) is 12.2 Å². The van der Waals surface area contributed by atoms with Crippen LogP contribution in [0, 0.1) is 18.6 Å². The topological polar surface area (TPSA) is 67.2 Å². The summed E-state index contributed by atoms with van der Waals surface area (Å²) in [6.45, 7) is 3.72. The van der Waals surface area contributed by atoms with E-state index in [1.807, 2.05) is 0 Å². The Labute approximate surface area is 172 Å². The highest BCUT2D eigenvalue weighted by Crippen LogP contribution is 2.33. The summed E-state index contributed by atoms with van der Waals surface area (Å²) < 4.78 is 28.1. The lowest BCUT2D eigenvalue weighted by atomic mass is 9.94. The predicted octanol–water partition coefficient (Wildman–Crippen LogP) is 3.21. The third kappa shape index (κ3) is 3.45. The molecule has 2 heterocycles. The Balaban J connectivity index is 1.69. The van der Waals surface area contributed by atoms with Crippen LogP contribution in [0.3, 0.4) is 0 Å². The first kappa shape index (κ1) is 19.8. The van der Waals surface area contributed by atoms with Crippen LogP contribution in [0.1, 0.15) is 28.7 Å². The Kier molecular flexibility index (Phi) is 4.85. The molecule has 1 aliphatic heterocycles. The van der Waals surface area contributed by atoms with Crippen LogP contribution in [-0.2, 0) is 17.9 Å². The molecule has 4 rings (SSSR count). The first-order valence-electron chi connectivity index (χ1n) is 9.45. The van der Waals surface area contributed by atoms with Gasteiger partial charge in [0.15, 0.2) is 0 Å². The van der Waals surface area contributed by atoms with E-state index in [2.05, 4.69) is 10.4 Å². The highest BCUT2D eigenvalue weighted by atomic mass is 19.1. The molecule has 0 saturated heterocycles. The molecule has 2 amide bonds. The van der Waals surface area contributed by atoms with Crippen molar-refractivity contribution < 1.29 is 18.4 Å². The zero-order chi connectivity index (χ0) is 21.5. The first-order valence-corrected chi connectivity index (χ1v) is 9.45. The third-order valence-corrected chi connectivity index (χ3v) is 5.22. The largest absolute Gasteiger partial charge is 0.350 e. The summed E-state index contributed by atoms with van der Waals surface area (Å²) in [6, 6.07) is 12.9. The second-order valence-electron chi connectivity index (χ2n) is 7.53. The lowest BCUT2D eigenvalue weighted by molar-refractivity contribution is -0.126. The van der Waals surface area contributed by atoms with Crippen LogP contribution in [0.15, 0.2) is 54.6 Å². The van der Waals surface area contributed by atoms with Gasteiger partial charge in [-0.2, -0.15) is 5.10 Å². The molecule has 0 aliphatic carbocycles. The molecule has 2 aromatic carbocycles. The van der Waals surface area contributed by atoms with Gasteiger partial charge in [-0.15, -0.1) is 0 Å². The van der Waals surface area contributed by atoms with E-state index in [1.165, 1.54) is 46.0 Å². The van der Waals surface area contributed by atoms with Gasteiger partial charge in [0.05, 0.1) is 12.2 Å². The SMILES string of the molecule is Cc1cc2n(n1)C[C@](C)(C(=O)NCc1ccc(F)cc1)N(c1ccc(F)cc1)C2=O. The smallest absolute Gasteiger partial charge is 0.277 e. The van der Waals surface area contributed by atoms with Crippen LogP contribution in [-0.4, -0.2) is 27.1 Å². The van der Waals surface area contributed by atoms with E-state index in [0.29, 0.717) is 17.1 Å². The summed E-state index contributed by atoms with van der Waals surface area (Å²) in [5.41, 5.74) is 0.847. The minimum atomic E-state index is -1.31. The lowest BCUT2D eigenvalue weighted by Crippen LogP contribution is -2.64. The summed E-state index contributed by atoms with van der Waals surface area (Å²) in [5, 5.41) is 7.16. The van der Waals surface area contributed by atoms with Gasteiger partial charge in [-0.25, -0.2) is 8.78 Å². The maximum Gasteiger partial charge on any atom is 0.277 e. The summed E-state index contributed by atoms with van der Waals surface area (Å²) in [6.07, 6.45) is 0. The van der Waals surface area contributed by atoms with Crippen molar-refractivity contribution in [3.63, 3.8) is 0 Å². The minimum Gasteiger partial charge on any atom is -0.350 e. The Morgan fingerprint density at radius 2 is 1.70 bits per heavy atom. The summed E-state index contributed by atoms with van der Waals surface area (Å²) in [5.74, 6) is -1.60. The Morgan fingerprint density at radius 3 is 2.33 bits per heavy atom. The van der Waals surface area contributed by atoms with Gasteiger partial charge in [-0.1, -0.05) is 12.1 Å². The molecule has 8 heteroatoms. The minimum absolute atomic E-state index is 0.133. The number of fused-ring (bicyclic) bond motifs is 1. The average Bonchev–Trinajstić information content (AvgIpc) is 3.09. The van der Waals surface area contributed by atoms with Gasteiger partial charge < -0.3 is 5.32 Å². The monoisotopic (exact) mass is 410 g/mol. The average molecular weight is 410 g/mol. The number of benzene rings is 2. The predicted molar refractivity (Wildman–Crippen MR) is 107 cm³/mol. The van der Waals surface area contributed by atoms with Crippen LogP contribution < -0.4 is 10.2 Å². The van der Waals surface area contributed by atoms with Crippen LogP contribution >= 0.6 is 0 Å². The quantitative estimate of drug-likeness (QED) is 0.718. The van der Waals surface area contributed by atoms with Crippen LogP contribution in [0.2, 0.25) is 0 Å². The molecule has 3 aromatic rings. The van der Waals surface area contributed by atoms with Crippen molar-refractivity contribution in [2.45, 2.75) is 32.5 Å². The summed E-state index contributed by atoms with van der Waals surface area (Å²) >= 11 is 0. The number of aromatic nitrogens is 2. The molecule has 0 unspecified atom stereocenters. The van der Waals surface area contributed by atoms with Crippen molar-refractivity contribution in [2.24, 2.45) is 0 Å². The fourth-order valence-electron chi connectivity index (χ4n) is 3.68. The third-order valence-electron chi connectivity index (χ3n) is 5.22. The highest BCUT2D eigenvalue weighted by molar-refractivity contribution is 6.11. The molecule has 0 spiro atoms. The van der Waals surface area contributed by atoms with E-state index in [1.54, 1.807) is 32.0 Å². The van der Waals surface area contributed by atoms with Gasteiger partial charge in [0.1, 0.15) is 22.9 Å². The molecule has 1 aliphatic rings. The van der Waals surface area contributed by atoms with Gasteiger partial charge in [0.25, 0.3) is 5.91 Å². The van der Waals surface area contributed by atoms with Crippen molar-refractivity contribution in [1.82, 2.24) is 15.1 Å². The zero-order valence-corrected chi connectivity index (χ0v) is 16.5. The van der Waals surface area contributed by atoms with Crippen LogP contribution in [0.25, 0.3) is 0 Å². The fraction of sp³-hybridized carbons (Fsp3) is 0.227. The number of nitrogens with one attached hydrogen (secondary N) is 1. The van der Waals surface area contributed by atoms with E-state index in [9.17, 15) is 18.4 Å². The van der Waals surface area contributed by atoms with Gasteiger partial charge >= 0.3 is 0 Å². The number of aryl methyl sites for hydroxylation is 1. The number of nitrogens with zero attached hydrogens (tertiary/aromatic N) is 3. The zero-order valence-electron chi connectivity index (χ0n) is 16.5. The number of anilines is 1. The number of carbonyl (C=O) groups is 2. The lowest BCUT2D eigenvalue weighted by Gasteiger charge is -2.43. The van der Waals surface area contributed by atoms with Crippen molar-refractivity contribution in [3.8, 4) is 0 Å². The fourth-order valence-corrected chi connectivity index (χ4v) is 3.68. The first-order chi connectivity index (χ1) is 14.3. The molecule has 154 valence electrons. The molecule has 1 N–H and O–H groups in total. The van der Waals surface area contributed by atoms with E-state index in [4.69, 9.17) is 0 Å². The van der Waals surface area contributed by atoms with Crippen molar-refractivity contribution in [1.29, 1.82) is 0 Å². The van der Waals surface area contributed by atoms with Crippen LogP contribution in [0.5, 0.6) is 0 Å². The molecular formula is C22H20F2N4O2. The molecule has 0 bridgehead atoms. The Hall–Kier alpha value is -3.55. The van der Waals surface area contributed by atoms with E-state index < -0.39 is 23.2 Å². The Bertz CT molecular complexity index is 1110. The molecule has 0 fully saturated rings. The number of rotatable bonds is 4. The number of amides is 2. The molecular weight excluding hydrogens is 390 g/mol. The summed E-state index contributed by atoms with van der Waals surface area (Å²) in [4.78, 5) is 28.0. The number of carbonyl (C=O) groups excluding carboxylic acids is 2. The molecule has 6 nitrogen and oxygen atoms in total. The molecule has 1 atom stereocenters. The van der Waals surface area contributed by atoms with E-state index in [0.717, 1.165) is 5.56 Å². The molecule has 0 saturated carbocycles. The highest BCUT2D eigenvalue weighted by Gasteiger charge is 2.48. The molecule has 30 heavy (non-hydrogen) atoms. The number of hydrogen-bond donors (Lipinski definition) is 1. The Morgan fingerprint density at radius 1 is 1.10 bits per heavy atom. The van der Waals surface area contributed by atoms with Crippen molar-refractivity contribution in [2.75, 3.05) is 4.90 Å². The second-order valence-corrected chi connectivity index (χ2v) is 7.53. The van der Waals surface area contributed by atoms with Gasteiger partial charge in [-0.05, 0) is 61.9 Å². The van der Waals surface area contributed by atoms with Gasteiger partial charge in [0.2, 0.25) is 5.91 Å². The standard InChI is InChI=1S/C22H20F2N4O2/c1-14-11-19-20(29)28(18-9-7-17(24)8-10-18)22(2,13-27(19)26-14)21(30)25-12-15-3-5-16(23)6-4-15/h3-11H,12-13H2,1-2H3,(H,25,30)/t22-/m1/s1. The number of hydrogen-bond acceptors (Lipinski definition) is 3. The van der Waals surface area contributed by atoms with Crippen molar-refractivity contribution in [3.05, 3.63) is 83.2 Å². The van der Waals surface area contributed by atoms with Crippen LogP contribution in [0.4, 0.5) is 14.5 Å². The van der Waals surface area contributed by atoms with Gasteiger partial charge in [-0.3, -0.25) is 19.2 Å². The van der Waals surface area contributed by atoms with Crippen molar-refractivity contribution >= 4 is 17.5 Å². The summed E-state index contributed by atoms with van der Waals surface area (Å²) in [7, 11) is 0. The normalized spacial score (nSPS) is 18.3. The molecule has 1 aromatic heterocycles. The molecule has 0 radical (unpaired) electrons.